The fourth-order valence-electron chi connectivity index (χ4n) is 0.787. The van der Waals surface area contributed by atoms with Gasteiger partial charge in [0, 0.05) is 5.92 Å². The zero-order valence-electron chi connectivity index (χ0n) is 5.89. The van der Waals surface area contributed by atoms with E-state index >= 15 is 0 Å². The van der Waals surface area contributed by atoms with Crippen LogP contribution >= 0.6 is 0 Å². The van der Waals surface area contributed by atoms with Crippen LogP contribution in [0, 0.1) is 5.92 Å². The molecule has 0 aliphatic heterocycles. The molecule has 0 rings (SSSR count). The molecule has 0 aromatic heterocycles. The molecular formula is C7H12O2. The molecule has 0 N–H and O–H groups in total. The lowest BCUT2D eigenvalue weighted by atomic mass is 9.99. The van der Waals surface area contributed by atoms with Crippen LogP contribution in [0.1, 0.15) is 26.7 Å². The molecule has 0 aromatic rings. The maximum Gasteiger partial charge on any atom is 0.198 e. The van der Waals surface area contributed by atoms with Crippen LogP contribution in [-0.4, -0.2) is 12.1 Å². The number of hydrogen-bond acceptors (Lipinski definition) is 2. The second kappa shape index (κ2) is 4.24. The molecule has 9 heavy (non-hydrogen) atoms. The molecular weight excluding hydrogens is 116 g/mol. The second-order valence-electron chi connectivity index (χ2n) is 2.03. The minimum absolute atomic E-state index is 0.0394. The first-order valence-corrected chi connectivity index (χ1v) is 3.25. The Balaban J connectivity index is 3.78. The van der Waals surface area contributed by atoms with E-state index in [2.05, 4.69) is 0 Å². The number of rotatable bonds is 4. The number of ketones is 1. The molecule has 0 bridgehead atoms. The Morgan fingerprint density at radius 2 is 1.89 bits per heavy atom. The van der Waals surface area contributed by atoms with E-state index in [1.54, 1.807) is 0 Å². The first kappa shape index (κ1) is 8.34. The van der Waals surface area contributed by atoms with E-state index in [0.717, 1.165) is 12.8 Å². The van der Waals surface area contributed by atoms with Gasteiger partial charge in [-0.1, -0.05) is 13.8 Å². The molecule has 0 saturated carbocycles. The Bertz CT molecular complexity index is 103. The molecule has 0 atom stereocenters. The Morgan fingerprint density at radius 1 is 1.44 bits per heavy atom. The van der Waals surface area contributed by atoms with Crippen LogP contribution in [0.15, 0.2) is 0 Å². The minimum atomic E-state index is -0.264. The zero-order valence-corrected chi connectivity index (χ0v) is 5.89. The number of aldehydes is 1. The van der Waals surface area contributed by atoms with Crippen LogP contribution in [0.5, 0.6) is 0 Å². The number of carbonyl (C=O) groups excluding carboxylic acids is 2. The molecule has 0 aliphatic rings. The molecule has 0 radical (unpaired) electrons. The van der Waals surface area contributed by atoms with Crippen molar-refractivity contribution in [2.45, 2.75) is 26.7 Å². The van der Waals surface area contributed by atoms with Crippen LogP contribution in [0.3, 0.4) is 0 Å². The van der Waals surface area contributed by atoms with Gasteiger partial charge in [-0.05, 0) is 12.8 Å². The van der Waals surface area contributed by atoms with E-state index in [1.165, 1.54) is 0 Å². The molecule has 0 heterocycles. The van der Waals surface area contributed by atoms with Gasteiger partial charge in [-0.15, -0.1) is 0 Å². The lowest BCUT2D eigenvalue weighted by Gasteiger charge is -2.03. The van der Waals surface area contributed by atoms with Crippen LogP contribution in [-0.2, 0) is 9.59 Å². The molecule has 2 nitrogen and oxygen atoms in total. The summed E-state index contributed by atoms with van der Waals surface area (Å²) in [5.74, 6) is -0.303. The van der Waals surface area contributed by atoms with Crippen LogP contribution in [0.4, 0.5) is 0 Å². The Morgan fingerprint density at radius 3 is 2.00 bits per heavy atom. The summed E-state index contributed by atoms with van der Waals surface area (Å²) in [7, 11) is 0. The molecule has 2 heteroatoms. The van der Waals surface area contributed by atoms with Crippen LogP contribution < -0.4 is 0 Å². The van der Waals surface area contributed by atoms with Gasteiger partial charge in [0.05, 0.1) is 0 Å². The van der Waals surface area contributed by atoms with Crippen molar-refractivity contribution in [2.75, 3.05) is 0 Å². The molecule has 0 spiro atoms. The maximum absolute atomic E-state index is 10.6. The fourth-order valence-corrected chi connectivity index (χ4v) is 0.787. The smallest absolute Gasteiger partial charge is 0.198 e. The van der Waals surface area contributed by atoms with E-state index < -0.39 is 0 Å². The molecule has 0 fully saturated rings. The third kappa shape index (κ3) is 2.40. The highest BCUT2D eigenvalue weighted by Crippen LogP contribution is 2.06. The van der Waals surface area contributed by atoms with Crippen molar-refractivity contribution >= 4 is 12.1 Å². The Kier molecular flexibility index (Phi) is 3.93. The molecule has 0 saturated heterocycles. The van der Waals surface area contributed by atoms with E-state index in [9.17, 15) is 9.59 Å². The summed E-state index contributed by atoms with van der Waals surface area (Å²) in [5, 5.41) is 0. The average Bonchev–Trinajstić information content (AvgIpc) is 1.90. The highest BCUT2D eigenvalue weighted by molar-refractivity contribution is 6.25. The maximum atomic E-state index is 10.6. The first-order valence-electron chi connectivity index (χ1n) is 3.25. The van der Waals surface area contributed by atoms with Crippen molar-refractivity contribution in [3.05, 3.63) is 0 Å². The summed E-state index contributed by atoms with van der Waals surface area (Å²) in [6, 6.07) is 0. The SMILES string of the molecule is CCC(CC)C(=O)C=O. The van der Waals surface area contributed by atoms with Crippen LogP contribution in [0.2, 0.25) is 0 Å². The minimum Gasteiger partial charge on any atom is -0.295 e. The summed E-state index contributed by atoms with van der Waals surface area (Å²) in [4.78, 5) is 20.5. The van der Waals surface area contributed by atoms with Gasteiger partial charge in [-0.3, -0.25) is 9.59 Å². The molecule has 0 amide bonds. The quantitative estimate of drug-likeness (QED) is 0.421. The van der Waals surface area contributed by atoms with Crippen molar-refractivity contribution < 1.29 is 9.59 Å². The summed E-state index contributed by atoms with van der Waals surface area (Å²) >= 11 is 0. The molecule has 0 aromatic carbocycles. The monoisotopic (exact) mass is 128 g/mol. The summed E-state index contributed by atoms with van der Waals surface area (Å²) in [5.41, 5.74) is 0. The van der Waals surface area contributed by atoms with E-state index in [4.69, 9.17) is 0 Å². The lowest BCUT2D eigenvalue weighted by molar-refractivity contribution is -0.132. The standard InChI is InChI=1S/C7H12O2/c1-3-6(4-2)7(9)5-8/h5-6H,3-4H2,1-2H3. The number of carbonyl (C=O) groups is 2. The van der Waals surface area contributed by atoms with Gasteiger partial charge in [0.15, 0.2) is 12.1 Å². The predicted molar refractivity (Wildman–Crippen MR) is 35.1 cm³/mol. The zero-order chi connectivity index (χ0) is 7.28. The molecule has 0 aliphatic carbocycles. The topological polar surface area (TPSA) is 34.1 Å². The van der Waals surface area contributed by atoms with Crippen molar-refractivity contribution in [2.24, 2.45) is 5.92 Å². The summed E-state index contributed by atoms with van der Waals surface area (Å²) in [6.45, 7) is 3.82. The highest BCUT2D eigenvalue weighted by Gasteiger charge is 2.11. The Labute approximate surface area is 55.3 Å². The normalized spacial score (nSPS) is 9.67. The van der Waals surface area contributed by atoms with Crippen molar-refractivity contribution in [1.82, 2.24) is 0 Å². The largest absolute Gasteiger partial charge is 0.295 e. The lowest BCUT2D eigenvalue weighted by Crippen LogP contribution is -2.13. The summed E-state index contributed by atoms with van der Waals surface area (Å²) < 4.78 is 0. The van der Waals surface area contributed by atoms with Crippen molar-refractivity contribution in [3.63, 3.8) is 0 Å². The average molecular weight is 128 g/mol. The van der Waals surface area contributed by atoms with E-state index in [1.807, 2.05) is 13.8 Å². The van der Waals surface area contributed by atoms with E-state index in [0.29, 0.717) is 6.29 Å². The van der Waals surface area contributed by atoms with Gasteiger partial charge in [-0.2, -0.15) is 0 Å². The fraction of sp³-hybridized carbons (Fsp3) is 0.714. The third-order valence-corrected chi connectivity index (χ3v) is 1.50. The number of hydrogen-bond donors (Lipinski definition) is 0. The van der Waals surface area contributed by atoms with Crippen molar-refractivity contribution in [1.29, 1.82) is 0 Å². The van der Waals surface area contributed by atoms with E-state index in [-0.39, 0.29) is 11.7 Å². The summed E-state index contributed by atoms with van der Waals surface area (Å²) in [6.07, 6.45) is 1.96. The highest BCUT2D eigenvalue weighted by atomic mass is 16.2. The van der Waals surface area contributed by atoms with Gasteiger partial charge in [0.1, 0.15) is 0 Å². The van der Waals surface area contributed by atoms with Crippen molar-refractivity contribution in [3.8, 4) is 0 Å². The first-order chi connectivity index (χ1) is 4.26. The second-order valence-corrected chi connectivity index (χ2v) is 2.03. The van der Waals surface area contributed by atoms with Gasteiger partial charge >= 0.3 is 0 Å². The van der Waals surface area contributed by atoms with Crippen LogP contribution in [0.25, 0.3) is 0 Å². The van der Waals surface area contributed by atoms with Gasteiger partial charge in [0.2, 0.25) is 0 Å². The Hall–Kier alpha value is -0.660. The van der Waals surface area contributed by atoms with Gasteiger partial charge < -0.3 is 0 Å². The van der Waals surface area contributed by atoms with Gasteiger partial charge in [-0.25, -0.2) is 0 Å². The molecule has 0 unspecified atom stereocenters. The number of Topliss-reactive ketones (excluding diaryl/α,β-unsaturated/α-hetero) is 1. The van der Waals surface area contributed by atoms with Gasteiger partial charge in [0.25, 0.3) is 0 Å². The molecule has 52 valence electrons. The predicted octanol–water partition coefficient (Wildman–Crippen LogP) is 1.19. The third-order valence-electron chi connectivity index (χ3n) is 1.50.